The standard InChI is InChI=1S/C17H25N3O5S/c1-19(2)17(22)15-10-9-13(25-15)11-18-16(21)12-20(3)26(23,24)14-7-5-4-6-8-14/h4-8,13,15H,9-12H2,1-3H3,(H,18,21)/t13-,15+/m1/s1. The third-order valence-corrected chi connectivity index (χ3v) is 5.99. The molecule has 1 aromatic rings. The van der Waals surface area contributed by atoms with Crippen molar-refractivity contribution in [1.82, 2.24) is 14.5 Å². The van der Waals surface area contributed by atoms with Crippen LogP contribution in [0.3, 0.4) is 0 Å². The van der Waals surface area contributed by atoms with Crippen LogP contribution in [-0.2, 0) is 24.3 Å². The summed E-state index contributed by atoms with van der Waals surface area (Å²) in [5.41, 5.74) is 0. The van der Waals surface area contributed by atoms with Gasteiger partial charge in [-0.1, -0.05) is 18.2 Å². The highest BCUT2D eigenvalue weighted by molar-refractivity contribution is 7.89. The van der Waals surface area contributed by atoms with Crippen LogP contribution in [0, 0.1) is 0 Å². The van der Waals surface area contributed by atoms with Gasteiger partial charge in [-0.05, 0) is 25.0 Å². The lowest BCUT2D eigenvalue weighted by Crippen LogP contribution is -2.41. The van der Waals surface area contributed by atoms with Crippen molar-refractivity contribution in [2.45, 2.75) is 29.9 Å². The van der Waals surface area contributed by atoms with E-state index in [1.54, 1.807) is 32.3 Å². The molecule has 0 radical (unpaired) electrons. The molecule has 1 N–H and O–H groups in total. The molecule has 2 atom stereocenters. The molecular formula is C17H25N3O5S. The molecule has 2 rings (SSSR count). The number of rotatable bonds is 7. The minimum absolute atomic E-state index is 0.0903. The van der Waals surface area contributed by atoms with Gasteiger partial charge in [0.15, 0.2) is 0 Å². The number of carbonyl (C=O) groups is 2. The first-order valence-corrected chi connectivity index (χ1v) is 9.80. The first-order chi connectivity index (χ1) is 12.2. The third kappa shape index (κ3) is 5.03. The van der Waals surface area contributed by atoms with Crippen LogP contribution in [0.15, 0.2) is 35.2 Å². The molecule has 0 aliphatic carbocycles. The van der Waals surface area contributed by atoms with E-state index in [4.69, 9.17) is 4.74 Å². The van der Waals surface area contributed by atoms with E-state index in [1.807, 2.05) is 0 Å². The van der Waals surface area contributed by atoms with Gasteiger partial charge in [0.25, 0.3) is 5.91 Å². The number of hydrogen-bond acceptors (Lipinski definition) is 5. The molecule has 2 amide bonds. The van der Waals surface area contributed by atoms with E-state index in [2.05, 4.69) is 5.32 Å². The maximum atomic E-state index is 12.4. The van der Waals surface area contributed by atoms with E-state index in [0.29, 0.717) is 12.8 Å². The van der Waals surface area contributed by atoms with Crippen LogP contribution in [0.1, 0.15) is 12.8 Å². The Morgan fingerprint density at radius 3 is 2.42 bits per heavy atom. The van der Waals surface area contributed by atoms with E-state index in [9.17, 15) is 18.0 Å². The number of likely N-dealkylation sites (N-methyl/N-ethyl adjacent to an activating group) is 2. The summed E-state index contributed by atoms with van der Waals surface area (Å²) >= 11 is 0. The normalized spacial score (nSPS) is 20.2. The highest BCUT2D eigenvalue weighted by Crippen LogP contribution is 2.20. The van der Waals surface area contributed by atoms with Gasteiger partial charge in [-0.3, -0.25) is 9.59 Å². The third-order valence-electron chi connectivity index (χ3n) is 4.17. The summed E-state index contributed by atoms with van der Waals surface area (Å²) in [6.45, 7) is -0.0424. The van der Waals surface area contributed by atoms with Crippen molar-refractivity contribution in [3.05, 3.63) is 30.3 Å². The Bertz CT molecular complexity index is 736. The minimum Gasteiger partial charge on any atom is -0.363 e. The average Bonchev–Trinajstić information content (AvgIpc) is 3.08. The smallest absolute Gasteiger partial charge is 0.251 e. The molecule has 144 valence electrons. The summed E-state index contributed by atoms with van der Waals surface area (Å²) < 4.78 is 31.4. The number of sulfonamides is 1. The molecule has 0 spiro atoms. The second kappa shape index (κ2) is 8.61. The van der Waals surface area contributed by atoms with Crippen LogP contribution in [0.4, 0.5) is 0 Å². The zero-order valence-electron chi connectivity index (χ0n) is 15.2. The van der Waals surface area contributed by atoms with E-state index in [0.717, 1.165) is 4.31 Å². The fourth-order valence-corrected chi connectivity index (χ4v) is 3.82. The number of hydrogen-bond donors (Lipinski definition) is 1. The zero-order chi connectivity index (χ0) is 19.3. The predicted octanol–water partition coefficient (Wildman–Crippen LogP) is 0.0591. The summed E-state index contributed by atoms with van der Waals surface area (Å²) in [5.74, 6) is -0.509. The lowest BCUT2D eigenvalue weighted by molar-refractivity contribution is -0.140. The van der Waals surface area contributed by atoms with E-state index >= 15 is 0 Å². The van der Waals surface area contributed by atoms with E-state index in [1.165, 1.54) is 24.1 Å². The van der Waals surface area contributed by atoms with Crippen molar-refractivity contribution in [3.8, 4) is 0 Å². The Balaban J connectivity index is 1.81. The summed E-state index contributed by atoms with van der Waals surface area (Å²) in [4.78, 5) is 25.5. The van der Waals surface area contributed by atoms with Crippen LogP contribution in [0.5, 0.6) is 0 Å². The molecule has 1 fully saturated rings. The molecule has 0 aromatic heterocycles. The number of ether oxygens (including phenoxy) is 1. The fraction of sp³-hybridized carbons (Fsp3) is 0.529. The van der Waals surface area contributed by atoms with E-state index < -0.39 is 22.0 Å². The quantitative estimate of drug-likeness (QED) is 0.718. The average molecular weight is 383 g/mol. The minimum atomic E-state index is -3.71. The molecule has 1 aliphatic heterocycles. The maximum Gasteiger partial charge on any atom is 0.251 e. The van der Waals surface area contributed by atoms with Crippen molar-refractivity contribution in [3.63, 3.8) is 0 Å². The van der Waals surface area contributed by atoms with Crippen LogP contribution in [0.25, 0.3) is 0 Å². The molecule has 8 nitrogen and oxygen atoms in total. The molecule has 9 heteroatoms. The Kier molecular flexibility index (Phi) is 6.74. The van der Waals surface area contributed by atoms with Gasteiger partial charge in [-0.25, -0.2) is 8.42 Å². The Hall–Kier alpha value is -1.97. The number of nitrogens with one attached hydrogen (secondary N) is 1. The highest BCUT2D eigenvalue weighted by atomic mass is 32.2. The first-order valence-electron chi connectivity index (χ1n) is 8.36. The second-order valence-electron chi connectivity index (χ2n) is 6.43. The summed E-state index contributed by atoms with van der Waals surface area (Å²) in [5, 5.41) is 2.67. The zero-order valence-corrected chi connectivity index (χ0v) is 16.0. The largest absolute Gasteiger partial charge is 0.363 e. The predicted molar refractivity (Wildman–Crippen MR) is 95.9 cm³/mol. The topological polar surface area (TPSA) is 96.0 Å². The second-order valence-corrected chi connectivity index (χ2v) is 8.48. The molecule has 0 unspecified atom stereocenters. The Morgan fingerprint density at radius 2 is 1.81 bits per heavy atom. The molecule has 1 heterocycles. The highest BCUT2D eigenvalue weighted by Gasteiger charge is 2.32. The summed E-state index contributed by atoms with van der Waals surface area (Å²) in [6.07, 6.45) is 0.555. The summed E-state index contributed by atoms with van der Waals surface area (Å²) in [7, 11) is 0.992. The van der Waals surface area contributed by atoms with Crippen molar-refractivity contribution in [2.24, 2.45) is 0 Å². The Labute approximate surface area is 154 Å². The monoisotopic (exact) mass is 383 g/mol. The van der Waals surface area contributed by atoms with Gasteiger partial charge in [0.05, 0.1) is 17.5 Å². The van der Waals surface area contributed by atoms with Crippen molar-refractivity contribution in [2.75, 3.05) is 34.2 Å². The number of benzene rings is 1. The molecule has 26 heavy (non-hydrogen) atoms. The first kappa shape index (κ1) is 20.3. The van der Waals surface area contributed by atoms with Gasteiger partial charge in [-0.2, -0.15) is 4.31 Å². The van der Waals surface area contributed by atoms with Crippen molar-refractivity contribution in [1.29, 1.82) is 0 Å². The lowest BCUT2D eigenvalue weighted by Gasteiger charge is -2.19. The van der Waals surface area contributed by atoms with E-state index in [-0.39, 0.29) is 30.0 Å². The molecule has 0 bridgehead atoms. The number of carbonyl (C=O) groups excluding carboxylic acids is 2. The lowest BCUT2D eigenvalue weighted by atomic mass is 10.2. The number of amides is 2. The maximum absolute atomic E-state index is 12.4. The van der Waals surface area contributed by atoms with Gasteiger partial charge in [-0.15, -0.1) is 0 Å². The van der Waals surface area contributed by atoms with Crippen LogP contribution in [0.2, 0.25) is 0 Å². The molecule has 0 saturated carbocycles. The van der Waals surface area contributed by atoms with Gasteiger partial charge < -0.3 is 15.0 Å². The van der Waals surface area contributed by atoms with Gasteiger partial charge in [0, 0.05) is 27.7 Å². The van der Waals surface area contributed by atoms with Gasteiger partial charge in [0.1, 0.15) is 6.10 Å². The van der Waals surface area contributed by atoms with Crippen LogP contribution < -0.4 is 5.32 Å². The van der Waals surface area contributed by atoms with Crippen molar-refractivity contribution < 1.29 is 22.7 Å². The summed E-state index contributed by atoms with van der Waals surface area (Å²) in [6, 6.07) is 7.95. The van der Waals surface area contributed by atoms with Crippen LogP contribution >= 0.6 is 0 Å². The molecule has 1 saturated heterocycles. The van der Waals surface area contributed by atoms with Gasteiger partial charge >= 0.3 is 0 Å². The fourth-order valence-electron chi connectivity index (χ4n) is 2.67. The SMILES string of the molecule is CN(C)C(=O)[C@@H]1CC[C@H](CNC(=O)CN(C)S(=O)(=O)c2ccccc2)O1. The molecule has 1 aliphatic rings. The van der Waals surface area contributed by atoms with Crippen molar-refractivity contribution >= 4 is 21.8 Å². The van der Waals surface area contributed by atoms with Gasteiger partial charge in [0.2, 0.25) is 15.9 Å². The molecular weight excluding hydrogens is 358 g/mol. The number of nitrogens with zero attached hydrogens (tertiary/aromatic N) is 2. The Morgan fingerprint density at radius 1 is 1.15 bits per heavy atom. The molecule has 1 aromatic carbocycles. The van der Waals surface area contributed by atoms with Crippen LogP contribution in [-0.4, -0.2) is 75.9 Å².